The van der Waals surface area contributed by atoms with Gasteiger partial charge in [-0.15, -0.1) is 0 Å². The number of amides is 2. The summed E-state index contributed by atoms with van der Waals surface area (Å²) < 4.78 is 36.2. The Morgan fingerprint density at radius 3 is 2.57 bits per heavy atom. The molecule has 2 atom stereocenters. The van der Waals surface area contributed by atoms with Crippen molar-refractivity contribution in [1.29, 1.82) is 0 Å². The van der Waals surface area contributed by atoms with Crippen molar-refractivity contribution in [2.75, 3.05) is 6.54 Å². The topological polar surface area (TPSA) is 128 Å². The van der Waals surface area contributed by atoms with E-state index in [1.807, 2.05) is 0 Å². The van der Waals surface area contributed by atoms with E-state index in [9.17, 15) is 17.8 Å². The third kappa shape index (κ3) is 3.69. The van der Waals surface area contributed by atoms with Crippen LogP contribution in [0, 0.1) is 0 Å². The molecule has 2 amide bonds. The molecule has 0 spiro atoms. The summed E-state index contributed by atoms with van der Waals surface area (Å²) in [5, 5.41) is 0.646. The van der Waals surface area contributed by atoms with Crippen LogP contribution in [-0.4, -0.2) is 59.5 Å². The fraction of sp³-hybridized carbons (Fsp3) is 0.800. The molecule has 2 N–H and O–H groups in total. The summed E-state index contributed by atoms with van der Waals surface area (Å²) >= 11 is 0. The zero-order valence-electron chi connectivity index (χ0n) is 11.6. The number of piperidine rings is 1. The Balaban J connectivity index is 0.00000161. The van der Waals surface area contributed by atoms with E-state index >= 15 is 0 Å². The first-order valence-electron chi connectivity index (χ1n) is 6.43. The number of amidine groups is 1. The first-order chi connectivity index (χ1) is 9.35. The van der Waals surface area contributed by atoms with Crippen LogP contribution in [0.15, 0.2) is 4.99 Å². The van der Waals surface area contributed by atoms with Gasteiger partial charge in [0.15, 0.2) is 0 Å². The molecule has 3 aliphatic rings. The van der Waals surface area contributed by atoms with Crippen LogP contribution in [0.2, 0.25) is 0 Å². The van der Waals surface area contributed by atoms with Gasteiger partial charge in [0.1, 0.15) is 5.84 Å². The number of carbonyl (C=O) groups is 1. The van der Waals surface area contributed by atoms with Gasteiger partial charge in [-0.25, -0.2) is 13.2 Å². The van der Waals surface area contributed by atoms with Gasteiger partial charge in [-0.3, -0.25) is 4.99 Å². The van der Waals surface area contributed by atoms with Gasteiger partial charge in [0.2, 0.25) is 10.4 Å². The van der Waals surface area contributed by atoms with Crippen LogP contribution in [0.1, 0.15) is 25.7 Å². The van der Waals surface area contributed by atoms with E-state index in [1.165, 1.54) is 4.90 Å². The molecule has 112 valence electrons. The first-order valence-corrected chi connectivity index (χ1v) is 7.77. The van der Waals surface area contributed by atoms with Crippen LogP contribution in [0.5, 0.6) is 0 Å². The minimum atomic E-state index is -4.96. The number of nitrogens with two attached hydrogens (primary N) is 1. The number of hydroxylamine groups is 2. The number of hydrogen-bond donors (Lipinski definition) is 1. The predicted octanol–water partition coefficient (Wildman–Crippen LogP) is -3.83. The number of rotatable bonds is 4. The summed E-state index contributed by atoms with van der Waals surface area (Å²) in [4.78, 5) is 17.8. The molecule has 0 radical (unpaired) electrons. The number of urea groups is 1. The molecule has 3 fully saturated rings. The van der Waals surface area contributed by atoms with Gasteiger partial charge in [0.05, 0.1) is 18.1 Å². The van der Waals surface area contributed by atoms with E-state index in [-0.39, 0.29) is 41.6 Å². The van der Waals surface area contributed by atoms with Crippen molar-refractivity contribution < 1.29 is 51.6 Å². The van der Waals surface area contributed by atoms with Crippen molar-refractivity contribution in [2.24, 2.45) is 10.7 Å². The van der Waals surface area contributed by atoms with Crippen LogP contribution in [-0.2, 0) is 14.7 Å². The van der Waals surface area contributed by atoms with Crippen molar-refractivity contribution in [3.63, 3.8) is 0 Å². The summed E-state index contributed by atoms with van der Waals surface area (Å²) in [6.07, 6.45) is 3.11. The summed E-state index contributed by atoms with van der Waals surface area (Å²) in [5.41, 5.74) is 5.93. The van der Waals surface area contributed by atoms with E-state index < -0.39 is 22.5 Å². The Morgan fingerprint density at radius 1 is 1.33 bits per heavy atom. The maximum atomic E-state index is 12.1. The average molecular weight is 326 g/mol. The zero-order valence-corrected chi connectivity index (χ0v) is 14.5. The zero-order chi connectivity index (χ0) is 14.5. The SMILES string of the molecule is NC(=NC1CC1)[C@@H]1CC[C@@H]2CN1C(=O)N2OS(=O)(=O)[O-].[Na+]. The van der Waals surface area contributed by atoms with Crippen LogP contribution in [0.25, 0.3) is 0 Å². The maximum Gasteiger partial charge on any atom is 1.00 e. The van der Waals surface area contributed by atoms with Crippen LogP contribution in [0.3, 0.4) is 0 Å². The third-order valence-electron chi connectivity index (χ3n) is 3.71. The third-order valence-corrected chi connectivity index (χ3v) is 4.06. The van der Waals surface area contributed by atoms with Crippen molar-refractivity contribution in [3.05, 3.63) is 0 Å². The minimum Gasteiger partial charge on any atom is -0.724 e. The molecular formula is C10H15N4NaO5S. The maximum absolute atomic E-state index is 12.1. The molecule has 0 aromatic rings. The van der Waals surface area contributed by atoms with Crippen LogP contribution in [0.4, 0.5) is 4.79 Å². The Hall–Kier alpha value is -0.390. The molecule has 2 bridgehead atoms. The molecule has 0 aromatic heterocycles. The van der Waals surface area contributed by atoms with Crippen molar-refractivity contribution in [1.82, 2.24) is 9.96 Å². The van der Waals surface area contributed by atoms with Gasteiger partial charge in [-0.05, 0) is 25.7 Å². The van der Waals surface area contributed by atoms with Crippen LogP contribution >= 0.6 is 0 Å². The fourth-order valence-electron chi connectivity index (χ4n) is 2.64. The molecule has 2 aliphatic heterocycles. The predicted molar refractivity (Wildman–Crippen MR) is 66.2 cm³/mol. The standard InChI is InChI=1S/C10H16N4O5S.Na/c11-9(12-6-1-2-6)8-4-3-7-5-13(8)10(15)14(7)19-20(16,17)18;/h6-8H,1-5H2,(H2,11,12)(H,16,17,18);/q;+1/p-1/t7-,8+;/m1./s1. The molecule has 1 saturated carbocycles. The number of hydrogen-bond acceptors (Lipinski definition) is 6. The van der Waals surface area contributed by atoms with E-state index in [1.54, 1.807) is 0 Å². The minimum absolute atomic E-state index is 0. The molecule has 3 rings (SSSR count). The summed E-state index contributed by atoms with van der Waals surface area (Å²) in [6, 6.07) is -1.18. The summed E-state index contributed by atoms with van der Waals surface area (Å²) in [7, 11) is -4.96. The monoisotopic (exact) mass is 326 g/mol. The molecule has 9 nitrogen and oxygen atoms in total. The Bertz CT molecular complexity index is 564. The molecule has 0 aromatic carbocycles. The average Bonchev–Trinajstić information content (AvgIpc) is 3.13. The van der Waals surface area contributed by atoms with Gasteiger partial charge >= 0.3 is 35.6 Å². The second kappa shape index (κ2) is 6.01. The van der Waals surface area contributed by atoms with Crippen molar-refractivity contribution >= 4 is 22.3 Å². The number of carbonyl (C=O) groups excluding carboxylic acids is 1. The smallest absolute Gasteiger partial charge is 0.724 e. The van der Waals surface area contributed by atoms with Crippen LogP contribution < -0.4 is 35.3 Å². The summed E-state index contributed by atoms with van der Waals surface area (Å²) in [5.74, 6) is 0.395. The van der Waals surface area contributed by atoms with E-state index in [4.69, 9.17) is 5.73 Å². The second-order valence-corrected chi connectivity index (χ2v) is 6.24. The molecule has 2 heterocycles. The second-order valence-electron chi connectivity index (χ2n) is 5.28. The Labute approximate surface area is 144 Å². The van der Waals surface area contributed by atoms with Crippen molar-refractivity contribution in [3.8, 4) is 0 Å². The van der Waals surface area contributed by atoms with Gasteiger partial charge in [0, 0.05) is 6.54 Å². The number of fused-ring (bicyclic) bond motifs is 2. The molecule has 0 unspecified atom stereocenters. The largest absolute Gasteiger partial charge is 1.00 e. The van der Waals surface area contributed by atoms with E-state index in [0.717, 1.165) is 12.8 Å². The van der Waals surface area contributed by atoms with E-state index in [2.05, 4.69) is 9.28 Å². The quantitative estimate of drug-likeness (QED) is 0.185. The first kappa shape index (κ1) is 17.0. The Kier molecular flexibility index (Phi) is 4.86. The molecule has 2 saturated heterocycles. The van der Waals surface area contributed by atoms with Gasteiger partial charge in [-0.1, -0.05) is 0 Å². The molecular weight excluding hydrogens is 311 g/mol. The van der Waals surface area contributed by atoms with Gasteiger partial charge in [0.25, 0.3) is 0 Å². The van der Waals surface area contributed by atoms with Gasteiger partial charge < -0.3 is 15.2 Å². The summed E-state index contributed by atoms with van der Waals surface area (Å²) in [6.45, 7) is 0.292. The normalized spacial score (nSPS) is 29.6. The number of aliphatic imine (C=N–C) groups is 1. The fourth-order valence-corrected chi connectivity index (χ4v) is 3.02. The van der Waals surface area contributed by atoms with Gasteiger partial charge in [-0.2, -0.15) is 9.35 Å². The molecule has 11 heteroatoms. The number of nitrogens with zero attached hydrogens (tertiary/aromatic N) is 3. The molecule has 21 heavy (non-hydrogen) atoms. The van der Waals surface area contributed by atoms with Crippen molar-refractivity contribution in [2.45, 2.75) is 43.8 Å². The molecule has 1 aliphatic carbocycles. The van der Waals surface area contributed by atoms with E-state index in [0.29, 0.717) is 30.3 Å². The Morgan fingerprint density at radius 2 is 2.00 bits per heavy atom.